The van der Waals surface area contributed by atoms with E-state index in [1.54, 1.807) is 0 Å². The summed E-state index contributed by atoms with van der Waals surface area (Å²) in [7, 11) is -2.68. The normalized spacial score (nSPS) is 12.1. The number of hydrogen-bond donors (Lipinski definition) is 0. The van der Waals surface area contributed by atoms with Crippen LogP contribution in [-0.4, -0.2) is 17.2 Å². The highest BCUT2D eigenvalue weighted by molar-refractivity contribution is 7.25. The number of thiophene rings is 1. The third-order valence-corrected chi connectivity index (χ3v) is 19.4. The number of rotatable bonds is 7. The average Bonchev–Trinajstić information content (AvgIpc) is 4.03. The first-order valence-corrected chi connectivity index (χ1v) is 24.8. The van der Waals surface area contributed by atoms with Crippen LogP contribution in [0.2, 0.25) is 0 Å². The van der Waals surface area contributed by atoms with Gasteiger partial charge in [-0.25, -0.2) is 0 Å². The van der Waals surface area contributed by atoms with E-state index in [0.29, 0.717) is 0 Å². The molecule has 0 saturated carbocycles. The number of aromatic nitrogens is 2. The van der Waals surface area contributed by atoms with Crippen molar-refractivity contribution in [3.05, 3.63) is 243 Å². The summed E-state index contributed by atoms with van der Waals surface area (Å²) in [6.45, 7) is 0. The zero-order valence-electron chi connectivity index (χ0n) is 34.9. The van der Waals surface area contributed by atoms with Gasteiger partial charge in [0.1, 0.15) is 0 Å². The van der Waals surface area contributed by atoms with Crippen molar-refractivity contribution in [2.24, 2.45) is 0 Å². The molecule has 4 heteroatoms. The maximum atomic E-state index is 2.51. The molecular weight excluding hydrogens is 809 g/mol. The van der Waals surface area contributed by atoms with Crippen LogP contribution >= 0.6 is 11.3 Å². The Morgan fingerprint density at radius 2 is 0.797 bits per heavy atom. The largest absolute Gasteiger partial charge is 0.309 e. The second-order valence-corrected chi connectivity index (χ2v) is 21.7. The van der Waals surface area contributed by atoms with Gasteiger partial charge in [-0.2, -0.15) is 0 Å². The lowest BCUT2D eigenvalue weighted by atomic mass is 9.98. The summed E-state index contributed by atoms with van der Waals surface area (Å²) < 4.78 is 7.62. The second-order valence-electron chi connectivity index (χ2n) is 16.8. The van der Waals surface area contributed by atoms with Gasteiger partial charge in [-0.05, 0) is 86.5 Å². The Morgan fingerprint density at radius 1 is 0.312 bits per heavy atom. The van der Waals surface area contributed by atoms with E-state index >= 15 is 0 Å². The highest BCUT2D eigenvalue weighted by Gasteiger charge is 2.41. The molecule has 0 bridgehead atoms. The second kappa shape index (κ2) is 14.7. The standard InChI is InChI=1S/C60H40N2SSi/c1-4-18-43(19-5-1)64(44-20-6-2-7-21-44,45-22-8-3-9-23-45)46-37-35-42(36-38-46)61-52-28-13-11-26-51(52)60-55(61)31-17-32-56(60)62-53-29-14-10-25-50(53)59-47(27-16-30-54(59)62)41-34-39-49-48-24-12-15-33-57(48)63-58(49)40-41/h1-40H. The molecular formula is C60H40N2SSi. The SMILES string of the molecule is c1ccc([Si](c2ccccc2)(c2ccccc2)c2ccc(-n3c4ccccc4c4c(-n5c6ccccc6c6c(-c7ccc8c(c7)sc7ccccc78)cccc65)cccc43)cc2)cc1. The first-order valence-electron chi connectivity index (χ1n) is 22.0. The number of para-hydroxylation sites is 2. The smallest absolute Gasteiger partial charge is 0.179 e. The minimum absolute atomic E-state index is 1.14. The summed E-state index contributed by atoms with van der Waals surface area (Å²) in [6.07, 6.45) is 0. The third-order valence-electron chi connectivity index (χ3n) is 13.5. The molecule has 0 aliphatic rings. The fourth-order valence-electron chi connectivity index (χ4n) is 10.8. The molecule has 3 heterocycles. The van der Waals surface area contributed by atoms with E-state index in [9.17, 15) is 0 Å². The van der Waals surface area contributed by atoms with Crippen molar-refractivity contribution >= 4 is 104 Å². The first kappa shape index (κ1) is 36.9. The highest BCUT2D eigenvalue weighted by atomic mass is 32.1. The fraction of sp³-hybridized carbons (Fsp3) is 0. The van der Waals surface area contributed by atoms with Crippen LogP contribution in [-0.2, 0) is 0 Å². The summed E-state index contributed by atoms with van der Waals surface area (Å²) >= 11 is 1.88. The van der Waals surface area contributed by atoms with Crippen molar-refractivity contribution < 1.29 is 0 Å². The van der Waals surface area contributed by atoms with Crippen molar-refractivity contribution in [3.8, 4) is 22.5 Å². The Morgan fingerprint density at radius 3 is 1.45 bits per heavy atom. The number of fused-ring (bicyclic) bond motifs is 9. The summed E-state index contributed by atoms with van der Waals surface area (Å²) in [4.78, 5) is 0. The number of benzene rings is 10. The number of nitrogens with zero attached hydrogens (tertiary/aromatic N) is 2. The highest BCUT2D eigenvalue weighted by Crippen LogP contribution is 2.44. The molecule has 64 heavy (non-hydrogen) atoms. The molecule has 0 aliphatic heterocycles. The van der Waals surface area contributed by atoms with Gasteiger partial charge < -0.3 is 9.13 Å². The van der Waals surface area contributed by atoms with Gasteiger partial charge in [0.2, 0.25) is 0 Å². The molecule has 0 atom stereocenters. The van der Waals surface area contributed by atoms with Gasteiger partial charge in [-0.1, -0.05) is 188 Å². The minimum Gasteiger partial charge on any atom is -0.309 e. The van der Waals surface area contributed by atoms with Crippen LogP contribution in [0.25, 0.3) is 86.3 Å². The van der Waals surface area contributed by atoms with E-state index in [1.165, 1.54) is 101 Å². The van der Waals surface area contributed by atoms with Crippen LogP contribution in [0.1, 0.15) is 0 Å². The van der Waals surface area contributed by atoms with Crippen molar-refractivity contribution in [1.29, 1.82) is 0 Å². The van der Waals surface area contributed by atoms with Gasteiger partial charge in [0, 0.05) is 47.4 Å². The summed E-state index contributed by atoms with van der Waals surface area (Å²) in [6, 6.07) is 90.3. The van der Waals surface area contributed by atoms with Crippen LogP contribution in [0, 0.1) is 0 Å². The molecule has 10 aromatic carbocycles. The molecule has 300 valence electrons. The van der Waals surface area contributed by atoms with Gasteiger partial charge in [0.05, 0.1) is 27.8 Å². The molecule has 2 nitrogen and oxygen atoms in total. The van der Waals surface area contributed by atoms with Crippen LogP contribution in [0.15, 0.2) is 243 Å². The Balaban J connectivity index is 1.02. The molecule has 0 fully saturated rings. The van der Waals surface area contributed by atoms with Gasteiger partial charge in [0.25, 0.3) is 0 Å². The molecule has 13 rings (SSSR count). The molecule has 0 aliphatic carbocycles. The molecule has 0 amide bonds. The van der Waals surface area contributed by atoms with Crippen LogP contribution in [0.3, 0.4) is 0 Å². The number of hydrogen-bond acceptors (Lipinski definition) is 1. The fourth-order valence-corrected chi connectivity index (χ4v) is 16.7. The van der Waals surface area contributed by atoms with Crippen molar-refractivity contribution in [1.82, 2.24) is 9.13 Å². The predicted octanol–water partition coefficient (Wildman–Crippen LogP) is 13.3. The van der Waals surface area contributed by atoms with Crippen molar-refractivity contribution in [2.45, 2.75) is 0 Å². The lowest BCUT2D eigenvalue weighted by Crippen LogP contribution is -2.74. The topological polar surface area (TPSA) is 9.86 Å². The molecule has 0 N–H and O–H groups in total. The van der Waals surface area contributed by atoms with E-state index in [-0.39, 0.29) is 0 Å². The minimum atomic E-state index is -2.68. The van der Waals surface area contributed by atoms with Crippen molar-refractivity contribution in [2.75, 3.05) is 0 Å². The van der Waals surface area contributed by atoms with Crippen LogP contribution in [0.4, 0.5) is 0 Å². The zero-order chi connectivity index (χ0) is 42.2. The van der Waals surface area contributed by atoms with Crippen LogP contribution in [0.5, 0.6) is 0 Å². The lowest BCUT2D eigenvalue weighted by molar-refractivity contribution is 1.17. The first-order chi connectivity index (χ1) is 31.8. The van der Waals surface area contributed by atoms with Gasteiger partial charge >= 0.3 is 0 Å². The molecule has 3 aromatic heterocycles. The monoisotopic (exact) mass is 848 g/mol. The summed E-state index contributed by atoms with van der Waals surface area (Å²) in [5.74, 6) is 0. The zero-order valence-corrected chi connectivity index (χ0v) is 36.7. The van der Waals surface area contributed by atoms with E-state index in [2.05, 4.69) is 252 Å². The third kappa shape index (κ3) is 5.43. The molecule has 0 unspecified atom stereocenters. The Hall–Kier alpha value is -7.76. The Labute approximate surface area is 376 Å². The predicted molar refractivity (Wildman–Crippen MR) is 277 cm³/mol. The van der Waals surface area contributed by atoms with Gasteiger partial charge in [-0.3, -0.25) is 0 Å². The maximum absolute atomic E-state index is 2.68. The summed E-state index contributed by atoms with van der Waals surface area (Å²) in [5.41, 5.74) is 9.59. The van der Waals surface area contributed by atoms with E-state index < -0.39 is 8.07 Å². The lowest BCUT2D eigenvalue weighted by Gasteiger charge is -2.34. The molecule has 0 saturated heterocycles. The van der Waals surface area contributed by atoms with E-state index in [4.69, 9.17) is 0 Å². The van der Waals surface area contributed by atoms with E-state index in [0.717, 1.165) is 5.69 Å². The van der Waals surface area contributed by atoms with Crippen LogP contribution < -0.4 is 20.7 Å². The Kier molecular flexibility index (Phi) is 8.45. The van der Waals surface area contributed by atoms with Gasteiger partial charge in [-0.15, -0.1) is 11.3 Å². The van der Waals surface area contributed by atoms with Gasteiger partial charge in [0.15, 0.2) is 8.07 Å². The average molecular weight is 849 g/mol. The summed E-state index contributed by atoms with van der Waals surface area (Å²) in [5, 5.41) is 13.1. The molecule has 0 spiro atoms. The quantitative estimate of drug-likeness (QED) is 0.112. The van der Waals surface area contributed by atoms with Crippen molar-refractivity contribution in [3.63, 3.8) is 0 Å². The maximum Gasteiger partial charge on any atom is 0.179 e. The van der Waals surface area contributed by atoms with E-state index in [1.807, 2.05) is 11.3 Å². The molecule has 0 radical (unpaired) electrons. The Bertz CT molecular complexity index is 3790. The molecule has 13 aromatic rings.